The van der Waals surface area contributed by atoms with E-state index in [4.69, 9.17) is 16.3 Å². The minimum Gasteiger partial charge on any atom is -0.494 e. The highest BCUT2D eigenvalue weighted by Gasteiger charge is 2.44. The molecule has 5 rings (SSSR count). The van der Waals surface area contributed by atoms with Gasteiger partial charge in [-0.2, -0.15) is 0 Å². The first-order chi connectivity index (χ1) is 16.1. The largest absolute Gasteiger partial charge is 0.494 e. The smallest absolute Gasteiger partial charge is 0.282 e. The van der Waals surface area contributed by atoms with Gasteiger partial charge in [0.05, 0.1) is 22.9 Å². The van der Waals surface area contributed by atoms with Gasteiger partial charge in [-0.05, 0) is 61.2 Å². The van der Waals surface area contributed by atoms with E-state index in [1.807, 2.05) is 54.3 Å². The minimum atomic E-state index is -0.379. The van der Waals surface area contributed by atoms with E-state index in [0.29, 0.717) is 46.4 Å². The number of anilines is 2. The first kappa shape index (κ1) is 21.3. The molecule has 5 nitrogen and oxygen atoms in total. The topological polar surface area (TPSA) is 49.9 Å². The van der Waals surface area contributed by atoms with E-state index in [9.17, 15) is 9.59 Å². The molecular formula is C27H23ClN2O3. The Bertz CT molecular complexity index is 1270. The van der Waals surface area contributed by atoms with Crippen molar-refractivity contribution in [2.45, 2.75) is 19.8 Å². The number of amides is 2. The van der Waals surface area contributed by atoms with Crippen molar-refractivity contribution in [2.75, 3.05) is 23.0 Å². The van der Waals surface area contributed by atoms with Gasteiger partial charge in [0.2, 0.25) is 0 Å². The Morgan fingerprint density at radius 1 is 0.879 bits per heavy atom. The summed E-state index contributed by atoms with van der Waals surface area (Å²) in [6.45, 7) is 3.13. The average molecular weight is 459 g/mol. The summed E-state index contributed by atoms with van der Waals surface area (Å²) in [5, 5.41) is 0.352. The number of nitrogens with zero attached hydrogens (tertiary/aromatic N) is 2. The van der Waals surface area contributed by atoms with E-state index in [2.05, 4.69) is 6.07 Å². The molecule has 0 saturated heterocycles. The molecular weight excluding hydrogens is 436 g/mol. The van der Waals surface area contributed by atoms with Gasteiger partial charge in [0.25, 0.3) is 11.8 Å². The van der Waals surface area contributed by atoms with Crippen LogP contribution in [-0.2, 0) is 16.0 Å². The summed E-state index contributed by atoms with van der Waals surface area (Å²) < 4.78 is 5.56. The van der Waals surface area contributed by atoms with Crippen LogP contribution in [0.4, 0.5) is 11.4 Å². The molecule has 0 spiro atoms. The van der Waals surface area contributed by atoms with Crippen LogP contribution in [-0.4, -0.2) is 25.0 Å². The maximum absolute atomic E-state index is 13.9. The zero-order chi connectivity index (χ0) is 22.9. The van der Waals surface area contributed by atoms with Crippen LogP contribution >= 0.6 is 11.6 Å². The van der Waals surface area contributed by atoms with E-state index >= 15 is 0 Å². The summed E-state index contributed by atoms with van der Waals surface area (Å²) in [6, 6.07) is 22.3. The lowest BCUT2D eigenvalue weighted by molar-refractivity contribution is -0.120. The van der Waals surface area contributed by atoms with Crippen molar-refractivity contribution in [3.8, 4) is 5.75 Å². The number of benzene rings is 3. The molecule has 0 atom stereocenters. The van der Waals surface area contributed by atoms with Gasteiger partial charge in [-0.25, -0.2) is 4.90 Å². The molecule has 0 aromatic heterocycles. The number of para-hydroxylation sites is 2. The molecule has 3 aromatic carbocycles. The minimum absolute atomic E-state index is 0.352. The third-order valence-electron chi connectivity index (χ3n) is 5.99. The molecule has 2 heterocycles. The Labute approximate surface area is 197 Å². The van der Waals surface area contributed by atoms with Gasteiger partial charge in [-0.15, -0.1) is 0 Å². The van der Waals surface area contributed by atoms with Crippen molar-refractivity contribution in [3.05, 3.63) is 94.6 Å². The molecule has 2 aliphatic heterocycles. The second kappa shape index (κ2) is 8.75. The predicted octanol–water partition coefficient (Wildman–Crippen LogP) is 5.48. The Hall–Kier alpha value is -3.57. The van der Waals surface area contributed by atoms with Gasteiger partial charge in [-0.1, -0.05) is 54.1 Å². The molecule has 0 saturated carbocycles. The molecule has 2 amide bonds. The summed E-state index contributed by atoms with van der Waals surface area (Å²) >= 11 is 6.40. The molecule has 166 valence electrons. The van der Waals surface area contributed by atoms with Crippen molar-refractivity contribution in [2.24, 2.45) is 0 Å². The normalized spacial score (nSPS) is 15.8. The van der Waals surface area contributed by atoms with E-state index in [1.54, 1.807) is 24.3 Å². The fourth-order valence-corrected chi connectivity index (χ4v) is 4.75. The second-order valence-corrected chi connectivity index (χ2v) is 8.37. The SMILES string of the molecule is CCOc1ccc(C2=C(N3CCCc4ccccc43)C(=O)N(c3ccccc3Cl)C2=O)cc1. The van der Waals surface area contributed by atoms with Crippen LogP contribution in [0.1, 0.15) is 24.5 Å². The van der Waals surface area contributed by atoms with E-state index in [0.717, 1.165) is 18.5 Å². The lowest BCUT2D eigenvalue weighted by Crippen LogP contribution is -2.37. The number of imide groups is 1. The fraction of sp³-hybridized carbons (Fsp3) is 0.185. The Kier molecular flexibility index (Phi) is 5.65. The van der Waals surface area contributed by atoms with Crippen LogP contribution in [0.25, 0.3) is 5.57 Å². The molecule has 0 radical (unpaired) electrons. The summed E-state index contributed by atoms with van der Waals surface area (Å²) in [5.74, 6) is -0.0320. The van der Waals surface area contributed by atoms with E-state index < -0.39 is 0 Å². The molecule has 0 aliphatic carbocycles. The molecule has 33 heavy (non-hydrogen) atoms. The molecule has 2 aliphatic rings. The van der Waals surface area contributed by atoms with E-state index in [-0.39, 0.29) is 11.8 Å². The number of halogens is 1. The summed E-state index contributed by atoms with van der Waals surface area (Å²) in [7, 11) is 0. The first-order valence-electron chi connectivity index (χ1n) is 11.1. The second-order valence-electron chi connectivity index (χ2n) is 7.96. The molecule has 0 bridgehead atoms. The standard InChI is InChI=1S/C27H23ClN2O3/c1-2-33-20-15-13-19(14-16-20)24-25(29-17-7-9-18-8-3-5-11-22(18)29)27(32)30(26(24)31)23-12-6-4-10-21(23)28/h3-6,8,10-16H,2,7,9,17H2,1H3. The van der Waals surface area contributed by atoms with Gasteiger partial charge in [0, 0.05) is 12.2 Å². The Morgan fingerprint density at radius 3 is 2.30 bits per heavy atom. The predicted molar refractivity (Wildman–Crippen MR) is 131 cm³/mol. The van der Waals surface area contributed by atoms with Crippen molar-refractivity contribution < 1.29 is 14.3 Å². The van der Waals surface area contributed by atoms with Crippen LogP contribution in [0.5, 0.6) is 5.75 Å². The average Bonchev–Trinajstić information content (AvgIpc) is 3.09. The fourth-order valence-electron chi connectivity index (χ4n) is 4.53. The number of aryl methyl sites for hydroxylation is 1. The van der Waals surface area contributed by atoms with Gasteiger partial charge < -0.3 is 9.64 Å². The summed E-state index contributed by atoms with van der Waals surface area (Å²) in [5.41, 5.74) is 3.95. The third-order valence-corrected chi connectivity index (χ3v) is 6.31. The van der Waals surface area contributed by atoms with Crippen LogP contribution < -0.4 is 14.5 Å². The highest BCUT2D eigenvalue weighted by Crippen LogP contribution is 2.41. The molecule has 6 heteroatoms. The number of ether oxygens (including phenoxy) is 1. The molecule has 0 unspecified atom stereocenters. The highest BCUT2D eigenvalue weighted by molar-refractivity contribution is 6.48. The van der Waals surface area contributed by atoms with Crippen LogP contribution in [0.3, 0.4) is 0 Å². The van der Waals surface area contributed by atoms with Crippen molar-refractivity contribution in [3.63, 3.8) is 0 Å². The van der Waals surface area contributed by atoms with Gasteiger partial charge >= 0.3 is 0 Å². The monoisotopic (exact) mass is 458 g/mol. The number of hydrogen-bond donors (Lipinski definition) is 0. The number of carbonyl (C=O) groups is 2. The van der Waals surface area contributed by atoms with E-state index in [1.165, 1.54) is 10.5 Å². The van der Waals surface area contributed by atoms with Gasteiger partial charge in [0.1, 0.15) is 11.4 Å². The highest BCUT2D eigenvalue weighted by atomic mass is 35.5. The number of rotatable bonds is 5. The zero-order valence-corrected chi connectivity index (χ0v) is 19.0. The maximum atomic E-state index is 13.9. The van der Waals surface area contributed by atoms with Crippen LogP contribution in [0.2, 0.25) is 5.02 Å². The number of fused-ring (bicyclic) bond motifs is 1. The molecule has 0 fully saturated rings. The Morgan fingerprint density at radius 2 is 1.58 bits per heavy atom. The Balaban J connectivity index is 1.68. The summed E-state index contributed by atoms with van der Waals surface area (Å²) in [4.78, 5) is 30.8. The van der Waals surface area contributed by atoms with Crippen molar-refractivity contribution >= 4 is 40.4 Å². The van der Waals surface area contributed by atoms with Crippen LogP contribution in [0.15, 0.2) is 78.5 Å². The number of hydrogen-bond acceptors (Lipinski definition) is 4. The quantitative estimate of drug-likeness (QED) is 0.475. The first-order valence-corrected chi connectivity index (χ1v) is 11.4. The lowest BCUT2D eigenvalue weighted by Gasteiger charge is -2.32. The van der Waals surface area contributed by atoms with Crippen LogP contribution in [0, 0.1) is 0 Å². The maximum Gasteiger partial charge on any atom is 0.282 e. The number of carbonyl (C=O) groups excluding carboxylic acids is 2. The molecule has 0 N–H and O–H groups in total. The van der Waals surface area contributed by atoms with Crippen molar-refractivity contribution in [1.82, 2.24) is 0 Å². The zero-order valence-electron chi connectivity index (χ0n) is 18.3. The van der Waals surface area contributed by atoms with Gasteiger partial charge in [-0.3, -0.25) is 9.59 Å². The molecule has 3 aromatic rings. The van der Waals surface area contributed by atoms with Crippen molar-refractivity contribution in [1.29, 1.82) is 0 Å². The van der Waals surface area contributed by atoms with Gasteiger partial charge in [0.15, 0.2) is 0 Å². The lowest BCUT2D eigenvalue weighted by atomic mass is 9.98. The third kappa shape index (κ3) is 3.68. The summed E-state index contributed by atoms with van der Waals surface area (Å²) in [6.07, 6.45) is 1.83.